The summed E-state index contributed by atoms with van der Waals surface area (Å²) in [6, 6.07) is 4.01. The van der Waals surface area contributed by atoms with Crippen molar-refractivity contribution in [3.05, 3.63) is 24.0 Å². The van der Waals surface area contributed by atoms with E-state index in [2.05, 4.69) is 5.32 Å². The predicted octanol–water partition coefficient (Wildman–Crippen LogP) is 0.934. The van der Waals surface area contributed by atoms with Gasteiger partial charge in [0.25, 0.3) is 5.91 Å². The lowest BCUT2D eigenvalue weighted by Gasteiger charge is -2.12. The SMILES string of the molecule is C[C@@H](CO)NC(=O)c1cccn1C1CC1. The summed E-state index contributed by atoms with van der Waals surface area (Å²) in [7, 11) is 0. The van der Waals surface area contributed by atoms with Crippen LogP contribution in [0.5, 0.6) is 0 Å². The molecule has 1 aliphatic rings. The Labute approximate surface area is 88.9 Å². The fourth-order valence-corrected chi connectivity index (χ4v) is 1.60. The maximum Gasteiger partial charge on any atom is 0.268 e. The number of nitrogens with one attached hydrogen (secondary N) is 1. The molecule has 0 unspecified atom stereocenters. The Hall–Kier alpha value is -1.29. The second kappa shape index (κ2) is 4.06. The highest BCUT2D eigenvalue weighted by Gasteiger charge is 2.26. The van der Waals surface area contributed by atoms with Gasteiger partial charge in [0.1, 0.15) is 5.69 Å². The van der Waals surface area contributed by atoms with Gasteiger partial charge in [-0.1, -0.05) is 0 Å². The number of nitrogens with zero attached hydrogens (tertiary/aromatic N) is 1. The van der Waals surface area contributed by atoms with E-state index in [0.717, 1.165) is 12.8 Å². The van der Waals surface area contributed by atoms with Crippen molar-refractivity contribution in [3.8, 4) is 0 Å². The van der Waals surface area contributed by atoms with Crippen molar-refractivity contribution in [2.24, 2.45) is 0 Å². The van der Waals surface area contributed by atoms with Crippen molar-refractivity contribution in [3.63, 3.8) is 0 Å². The van der Waals surface area contributed by atoms with E-state index in [4.69, 9.17) is 5.11 Å². The van der Waals surface area contributed by atoms with Gasteiger partial charge >= 0.3 is 0 Å². The molecule has 0 aromatic carbocycles. The third kappa shape index (κ3) is 2.21. The Morgan fingerprint density at radius 1 is 1.73 bits per heavy atom. The molecule has 2 rings (SSSR count). The van der Waals surface area contributed by atoms with E-state index < -0.39 is 0 Å². The molecule has 0 saturated heterocycles. The largest absolute Gasteiger partial charge is 0.394 e. The number of carbonyl (C=O) groups excluding carboxylic acids is 1. The van der Waals surface area contributed by atoms with Crippen molar-refractivity contribution < 1.29 is 9.90 Å². The number of aliphatic hydroxyl groups is 1. The molecule has 2 N–H and O–H groups in total. The smallest absolute Gasteiger partial charge is 0.268 e. The van der Waals surface area contributed by atoms with Crippen LogP contribution >= 0.6 is 0 Å². The van der Waals surface area contributed by atoms with Gasteiger partial charge in [-0.3, -0.25) is 4.79 Å². The predicted molar refractivity (Wildman–Crippen MR) is 56.7 cm³/mol. The van der Waals surface area contributed by atoms with Gasteiger partial charge in [0.2, 0.25) is 0 Å². The first-order chi connectivity index (χ1) is 7.22. The third-order valence-electron chi connectivity index (χ3n) is 2.60. The molecule has 4 heteroatoms. The Kier molecular flexibility index (Phi) is 2.77. The number of hydrogen-bond donors (Lipinski definition) is 2. The van der Waals surface area contributed by atoms with E-state index in [1.165, 1.54) is 0 Å². The minimum absolute atomic E-state index is 0.0319. The molecule has 1 aromatic heterocycles. The van der Waals surface area contributed by atoms with Gasteiger partial charge in [0, 0.05) is 18.3 Å². The summed E-state index contributed by atoms with van der Waals surface area (Å²) in [6.07, 6.45) is 4.26. The van der Waals surface area contributed by atoms with Gasteiger partial charge in [0.05, 0.1) is 6.61 Å². The van der Waals surface area contributed by atoms with Crippen LogP contribution in [-0.4, -0.2) is 28.2 Å². The molecule has 1 atom stereocenters. The van der Waals surface area contributed by atoms with Gasteiger partial charge < -0.3 is 15.0 Å². The van der Waals surface area contributed by atoms with Crippen molar-refractivity contribution >= 4 is 5.91 Å². The number of hydrogen-bond acceptors (Lipinski definition) is 2. The van der Waals surface area contributed by atoms with E-state index in [1.807, 2.05) is 22.9 Å². The van der Waals surface area contributed by atoms with Crippen LogP contribution in [0.25, 0.3) is 0 Å². The first-order valence-corrected chi connectivity index (χ1v) is 5.31. The van der Waals surface area contributed by atoms with Crippen molar-refractivity contribution in [1.29, 1.82) is 0 Å². The molecular formula is C11H16N2O2. The Morgan fingerprint density at radius 3 is 3.07 bits per heavy atom. The van der Waals surface area contributed by atoms with Gasteiger partial charge in [-0.2, -0.15) is 0 Å². The maximum atomic E-state index is 11.8. The summed E-state index contributed by atoms with van der Waals surface area (Å²) in [5.74, 6) is -0.103. The molecule has 0 radical (unpaired) electrons. The average molecular weight is 208 g/mol. The second-order valence-electron chi connectivity index (χ2n) is 4.09. The van der Waals surface area contributed by atoms with Crippen LogP contribution in [0.4, 0.5) is 0 Å². The topological polar surface area (TPSA) is 54.3 Å². The van der Waals surface area contributed by atoms with E-state index in [-0.39, 0.29) is 18.6 Å². The minimum Gasteiger partial charge on any atom is -0.394 e. The lowest BCUT2D eigenvalue weighted by molar-refractivity contribution is 0.0912. The van der Waals surface area contributed by atoms with Gasteiger partial charge in [0.15, 0.2) is 0 Å². The Morgan fingerprint density at radius 2 is 2.47 bits per heavy atom. The number of aromatic nitrogens is 1. The maximum absolute atomic E-state index is 11.8. The summed E-state index contributed by atoms with van der Waals surface area (Å²) in [6.45, 7) is 1.75. The summed E-state index contributed by atoms with van der Waals surface area (Å²) in [5, 5.41) is 11.6. The van der Waals surface area contributed by atoms with Gasteiger partial charge in [-0.25, -0.2) is 0 Å². The van der Waals surface area contributed by atoms with Gasteiger partial charge in [-0.15, -0.1) is 0 Å². The normalized spacial score (nSPS) is 17.5. The van der Waals surface area contributed by atoms with E-state index in [0.29, 0.717) is 11.7 Å². The molecule has 0 aliphatic heterocycles. The molecule has 1 fully saturated rings. The third-order valence-corrected chi connectivity index (χ3v) is 2.60. The highest BCUT2D eigenvalue weighted by atomic mass is 16.3. The first-order valence-electron chi connectivity index (χ1n) is 5.31. The Bertz CT molecular complexity index is 355. The van der Waals surface area contributed by atoms with E-state index in [9.17, 15) is 4.79 Å². The lowest BCUT2D eigenvalue weighted by Crippen LogP contribution is -2.36. The molecule has 15 heavy (non-hydrogen) atoms. The van der Waals surface area contributed by atoms with E-state index >= 15 is 0 Å². The van der Waals surface area contributed by atoms with Crippen LogP contribution in [0.15, 0.2) is 18.3 Å². The average Bonchev–Trinajstić information content (AvgIpc) is 2.95. The molecule has 1 heterocycles. The zero-order chi connectivity index (χ0) is 10.8. The van der Waals surface area contributed by atoms with Crippen LogP contribution < -0.4 is 5.32 Å². The lowest BCUT2D eigenvalue weighted by atomic mass is 10.3. The summed E-state index contributed by atoms with van der Waals surface area (Å²) >= 11 is 0. The number of carbonyl (C=O) groups is 1. The highest BCUT2D eigenvalue weighted by molar-refractivity contribution is 5.93. The van der Waals surface area contributed by atoms with Gasteiger partial charge in [-0.05, 0) is 31.9 Å². The molecule has 1 saturated carbocycles. The molecule has 1 amide bonds. The van der Waals surface area contributed by atoms with Crippen LogP contribution in [0.2, 0.25) is 0 Å². The molecule has 1 aliphatic carbocycles. The summed E-state index contributed by atoms with van der Waals surface area (Å²) < 4.78 is 2.01. The van der Waals surface area contributed by atoms with Crippen molar-refractivity contribution in [2.45, 2.75) is 31.8 Å². The number of rotatable bonds is 4. The van der Waals surface area contributed by atoms with E-state index in [1.54, 1.807) is 6.92 Å². The molecule has 82 valence electrons. The number of amides is 1. The molecule has 1 aromatic rings. The first kappa shape index (κ1) is 10.2. The Balaban J connectivity index is 2.07. The van der Waals surface area contributed by atoms with Crippen LogP contribution in [0, 0.1) is 0 Å². The quantitative estimate of drug-likeness (QED) is 0.773. The zero-order valence-electron chi connectivity index (χ0n) is 8.81. The van der Waals surface area contributed by atoms with Crippen molar-refractivity contribution in [2.75, 3.05) is 6.61 Å². The fourth-order valence-electron chi connectivity index (χ4n) is 1.60. The van der Waals surface area contributed by atoms with Crippen LogP contribution in [-0.2, 0) is 0 Å². The molecular weight excluding hydrogens is 192 g/mol. The standard InChI is InChI=1S/C11H16N2O2/c1-8(7-14)12-11(15)10-3-2-6-13(10)9-4-5-9/h2-3,6,8-9,14H,4-5,7H2,1H3,(H,12,15)/t8-/m0/s1. The highest BCUT2D eigenvalue weighted by Crippen LogP contribution is 2.35. The molecule has 4 nitrogen and oxygen atoms in total. The van der Waals surface area contributed by atoms with Crippen LogP contribution in [0.3, 0.4) is 0 Å². The monoisotopic (exact) mass is 208 g/mol. The zero-order valence-corrected chi connectivity index (χ0v) is 8.81. The number of aliphatic hydroxyl groups excluding tert-OH is 1. The second-order valence-corrected chi connectivity index (χ2v) is 4.09. The molecule has 0 spiro atoms. The minimum atomic E-state index is -0.194. The summed E-state index contributed by atoms with van der Waals surface area (Å²) in [5.41, 5.74) is 0.692. The molecule has 0 bridgehead atoms. The van der Waals surface area contributed by atoms with Crippen molar-refractivity contribution in [1.82, 2.24) is 9.88 Å². The fraction of sp³-hybridized carbons (Fsp3) is 0.545. The summed E-state index contributed by atoms with van der Waals surface area (Å²) in [4.78, 5) is 11.8. The van der Waals surface area contributed by atoms with Crippen LogP contribution in [0.1, 0.15) is 36.3 Å².